The van der Waals surface area contributed by atoms with Gasteiger partial charge in [-0.15, -0.1) is 0 Å². The molecule has 0 aromatic rings. The molecule has 4 N–H and O–H groups in total. The van der Waals surface area contributed by atoms with Crippen LogP contribution in [0.25, 0.3) is 0 Å². The highest BCUT2D eigenvalue weighted by Gasteiger charge is 2.37. The monoisotopic (exact) mass is 408 g/mol. The number of unbranched alkanes of at least 4 members (excludes halogenated alkanes) is 6. The summed E-state index contributed by atoms with van der Waals surface area (Å²) in [5.74, 6) is -0.339. The van der Waals surface area contributed by atoms with E-state index in [4.69, 9.17) is 18.1 Å². The number of hydrogen-bond acceptors (Lipinski definition) is 6. The lowest BCUT2D eigenvalue weighted by Crippen LogP contribution is -2.05. The maximum atomic E-state index is 12.5. The second-order valence-electron chi connectivity index (χ2n) is 5.52. The van der Waals surface area contributed by atoms with Crippen molar-refractivity contribution in [2.45, 2.75) is 65.2 Å². The molecule has 0 radical (unpaired) electrons. The molecule has 0 rings (SSSR count). The molecule has 0 aliphatic heterocycles. The van der Waals surface area contributed by atoms with E-state index in [1.165, 1.54) is 14.2 Å². The van der Waals surface area contributed by atoms with E-state index in [2.05, 4.69) is 13.8 Å². The summed E-state index contributed by atoms with van der Waals surface area (Å²) in [6, 6.07) is 0. The molecule has 0 bridgehead atoms. The van der Waals surface area contributed by atoms with Crippen LogP contribution in [0.1, 0.15) is 65.2 Å². The predicted octanol–water partition coefficient (Wildman–Crippen LogP) is 4.17. The molecule has 156 valence electrons. The highest BCUT2D eigenvalue weighted by molar-refractivity contribution is 7.71. The minimum absolute atomic E-state index is 0. The number of hydrogen-bond donors (Lipinski definition) is 0. The average Bonchev–Trinajstić information content (AvgIpc) is 2.54. The van der Waals surface area contributed by atoms with Crippen LogP contribution >= 0.6 is 15.2 Å². The van der Waals surface area contributed by atoms with Gasteiger partial charge in [-0.2, -0.15) is 0 Å². The minimum Gasteiger partial charge on any atom is -0.412 e. The fraction of sp³-hybridized carbons (Fsp3) is 1.00. The Balaban J connectivity index is -0.00000242. The van der Waals surface area contributed by atoms with E-state index >= 15 is 0 Å². The molecule has 0 aromatic carbocycles. The quantitative estimate of drug-likeness (QED) is 0.278. The van der Waals surface area contributed by atoms with Crippen molar-refractivity contribution >= 4 is 15.2 Å². The van der Waals surface area contributed by atoms with Gasteiger partial charge >= 0.3 is 15.2 Å². The first-order valence-electron chi connectivity index (χ1n) is 8.54. The first-order chi connectivity index (χ1) is 10.9. The van der Waals surface area contributed by atoms with Crippen molar-refractivity contribution in [1.82, 2.24) is 0 Å². The molecule has 25 heavy (non-hydrogen) atoms. The van der Waals surface area contributed by atoms with Crippen molar-refractivity contribution in [1.29, 1.82) is 0 Å². The SMILES string of the molecule is CCCCCCOP(=O)(CP(=O)(OC)OCCCCCC)OC.O.O. The third-order valence-corrected chi connectivity index (χ3v) is 8.51. The van der Waals surface area contributed by atoms with Crippen LogP contribution < -0.4 is 0 Å². The van der Waals surface area contributed by atoms with Gasteiger partial charge in [0.2, 0.25) is 0 Å². The lowest BCUT2D eigenvalue weighted by molar-refractivity contribution is 0.215. The van der Waals surface area contributed by atoms with Gasteiger partial charge in [0.15, 0.2) is 5.90 Å². The highest BCUT2D eigenvalue weighted by Crippen LogP contribution is 2.63. The molecule has 0 amide bonds. The highest BCUT2D eigenvalue weighted by atomic mass is 31.2. The zero-order chi connectivity index (χ0) is 17.6. The Hall–Kier alpha value is 0.220. The lowest BCUT2D eigenvalue weighted by atomic mass is 10.2. The van der Waals surface area contributed by atoms with Crippen LogP contribution in [0.5, 0.6) is 0 Å². The van der Waals surface area contributed by atoms with Gasteiger partial charge in [0.25, 0.3) is 0 Å². The van der Waals surface area contributed by atoms with E-state index in [1.54, 1.807) is 0 Å². The van der Waals surface area contributed by atoms with E-state index in [9.17, 15) is 9.13 Å². The molecular formula is C15H38O8P2. The summed E-state index contributed by atoms with van der Waals surface area (Å²) in [7, 11) is -4.32. The van der Waals surface area contributed by atoms with Gasteiger partial charge in [0, 0.05) is 14.2 Å². The van der Waals surface area contributed by atoms with E-state index in [1.807, 2.05) is 0 Å². The van der Waals surface area contributed by atoms with Crippen molar-refractivity contribution < 1.29 is 38.2 Å². The molecule has 0 aliphatic rings. The van der Waals surface area contributed by atoms with E-state index in [0.717, 1.165) is 51.4 Å². The average molecular weight is 408 g/mol. The van der Waals surface area contributed by atoms with Crippen molar-refractivity contribution in [3.8, 4) is 0 Å². The Morgan fingerprint density at radius 1 is 0.640 bits per heavy atom. The van der Waals surface area contributed by atoms with Crippen LogP contribution in [-0.4, -0.2) is 44.3 Å². The number of rotatable bonds is 16. The van der Waals surface area contributed by atoms with Gasteiger partial charge in [-0.25, -0.2) is 0 Å². The fourth-order valence-corrected chi connectivity index (χ4v) is 6.28. The summed E-state index contributed by atoms with van der Waals surface area (Å²) in [5, 5.41) is 0. The topological polar surface area (TPSA) is 134 Å². The van der Waals surface area contributed by atoms with Crippen molar-refractivity contribution in [2.75, 3.05) is 33.3 Å². The van der Waals surface area contributed by atoms with Crippen LogP contribution in [0.4, 0.5) is 0 Å². The summed E-state index contributed by atoms with van der Waals surface area (Å²) in [6.07, 6.45) is 8.08. The third kappa shape index (κ3) is 15.0. The van der Waals surface area contributed by atoms with Crippen LogP contribution in [0.2, 0.25) is 0 Å². The molecule has 0 heterocycles. The van der Waals surface area contributed by atoms with Gasteiger partial charge in [-0.05, 0) is 12.8 Å². The fourth-order valence-electron chi connectivity index (χ4n) is 1.98. The molecule has 0 aromatic heterocycles. The van der Waals surface area contributed by atoms with Gasteiger partial charge in [-0.1, -0.05) is 52.4 Å². The van der Waals surface area contributed by atoms with Crippen molar-refractivity contribution in [2.24, 2.45) is 0 Å². The first kappa shape index (κ1) is 30.0. The van der Waals surface area contributed by atoms with Crippen LogP contribution in [0.3, 0.4) is 0 Å². The molecule has 0 saturated heterocycles. The Morgan fingerprint density at radius 3 is 1.28 bits per heavy atom. The van der Waals surface area contributed by atoms with Gasteiger partial charge in [0.05, 0.1) is 13.2 Å². The summed E-state index contributed by atoms with van der Waals surface area (Å²) in [6.45, 7) is 4.89. The summed E-state index contributed by atoms with van der Waals surface area (Å²) >= 11 is 0. The zero-order valence-electron chi connectivity index (χ0n) is 16.1. The summed E-state index contributed by atoms with van der Waals surface area (Å²) in [4.78, 5) is 0. The predicted molar refractivity (Wildman–Crippen MR) is 102 cm³/mol. The van der Waals surface area contributed by atoms with Gasteiger partial charge in [0.1, 0.15) is 0 Å². The standard InChI is InChI=1S/C15H34O6P2.2H2O/c1-5-7-9-11-13-20-22(16,18-3)15-23(17,19-4)21-14-12-10-8-6-2;;/h5-15H2,1-4H3;2*1H2. The Morgan fingerprint density at radius 2 is 1.00 bits per heavy atom. The molecule has 8 nitrogen and oxygen atoms in total. The second-order valence-corrected chi connectivity index (χ2v) is 10.3. The molecule has 0 aliphatic carbocycles. The van der Waals surface area contributed by atoms with Crippen molar-refractivity contribution in [3.63, 3.8) is 0 Å². The smallest absolute Gasteiger partial charge is 0.342 e. The Labute approximate surface area is 152 Å². The molecular weight excluding hydrogens is 370 g/mol. The van der Waals surface area contributed by atoms with Crippen LogP contribution in [-0.2, 0) is 27.2 Å². The largest absolute Gasteiger partial charge is 0.412 e. The Bertz CT molecular complexity index is 345. The molecule has 0 spiro atoms. The van der Waals surface area contributed by atoms with E-state index in [-0.39, 0.29) is 16.9 Å². The van der Waals surface area contributed by atoms with Gasteiger partial charge < -0.3 is 29.0 Å². The lowest BCUT2D eigenvalue weighted by Gasteiger charge is -2.21. The van der Waals surface area contributed by atoms with E-state index in [0.29, 0.717) is 13.2 Å². The zero-order valence-corrected chi connectivity index (χ0v) is 17.9. The maximum absolute atomic E-state index is 12.5. The minimum atomic E-state index is -3.46. The maximum Gasteiger partial charge on any atom is 0.342 e. The molecule has 2 atom stereocenters. The summed E-state index contributed by atoms with van der Waals surface area (Å²) in [5.41, 5.74) is 0. The summed E-state index contributed by atoms with van der Waals surface area (Å²) < 4.78 is 45.8. The van der Waals surface area contributed by atoms with Crippen LogP contribution in [0, 0.1) is 0 Å². The first-order valence-corrected chi connectivity index (χ1v) is 12.0. The molecule has 0 fully saturated rings. The van der Waals surface area contributed by atoms with Crippen LogP contribution in [0.15, 0.2) is 0 Å². The third-order valence-electron chi connectivity index (χ3n) is 3.47. The molecule has 0 saturated carbocycles. The molecule has 2 unspecified atom stereocenters. The Kier molecular flexibility index (Phi) is 21.1. The second kappa shape index (κ2) is 17.6. The van der Waals surface area contributed by atoms with E-state index < -0.39 is 15.2 Å². The molecule has 10 heteroatoms. The van der Waals surface area contributed by atoms with Crippen molar-refractivity contribution in [3.05, 3.63) is 0 Å². The normalized spacial score (nSPS) is 15.5. The van der Waals surface area contributed by atoms with Gasteiger partial charge in [-0.3, -0.25) is 9.13 Å².